The predicted octanol–water partition coefficient (Wildman–Crippen LogP) is 2.20. The quantitative estimate of drug-likeness (QED) is 0.778. The van der Waals surface area contributed by atoms with E-state index in [1.54, 1.807) is 0 Å². The summed E-state index contributed by atoms with van der Waals surface area (Å²) in [6.07, 6.45) is 4.04. The lowest BCUT2D eigenvalue weighted by atomic mass is 9.91. The fourth-order valence-corrected chi connectivity index (χ4v) is 2.78. The van der Waals surface area contributed by atoms with Crippen molar-refractivity contribution >= 4 is 11.6 Å². The lowest BCUT2D eigenvalue weighted by Gasteiger charge is -2.24. The van der Waals surface area contributed by atoms with Gasteiger partial charge in [0.05, 0.1) is 12.1 Å². The largest absolute Gasteiger partial charge is 0.391 e. The van der Waals surface area contributed by atoms with Gasteiger partial charge in [-0.25, -0.2) is 0 Å². The summed E-state index contributed by atoms with van der Waals surface area (Å²) in [6.45, 7) is 1.48. The second-order valence-electron chi connectivity index (χ2n) is 5.36. The smallest absolute Gasteiger partial charge is 0.221 e. The SMILES string of the molecule is CC(=O)Nc1ccc([C@@H](N)[C@@H](O)C2CCCC2)cc1. The average molecular weight is 262 g/mol. The van der Waals surface area contributed by atoms with Crippen molar-refractivity contribution in [3.63, 3.8) is 0 Å². The fraction of sp³-hybridized carbons (Fsp3) is 0.533. The van der Waals surface area contributed by atoms with Crippen molar-refractivity contribution < 1.29 is 9.90 Å². The Morgan fingerprint density at radius 1 is 1.32 bits per heavy atom. The number of carbonyl (C=O) groups is 1. The van der Waals surface area contributed by atoms with Crippen molar-refractivity contribution in [3.8, 4) is 0 Å². The van der Waals surface area contributed by atoms with Crippen molar-refractivity contribution in [2.24, 2.45) is 11.7 Å². The van der Waals surface area contributed by atoms with Crippen LogP contribution in [0.25, 0.3) is 0 Å². The first-order valence-electron chi connectivity index (χ1n) is 6.89. The van der Waals surface area contributed by atoms with E-state index in [1.807, 2.05) is 24.3 Å². The summed E-state index contributed by atoms with van der Waals surface area (Å²) in [6, 6.07) is 7.02. The summed E-state index contributed by atoms with van der Waals surface area (Å²) in [5, 5.41) is 13.0. The highest BCUT2D eigenvalue weighted by atomic mass is 16.3. The molecule has 0 saturated heterocycles. The molecule has 1 aromatic rings. The second kappa shape index (κ2) is 6.17. The Hall–Kier alpha value is -1.39. The van der Waals surface area contributed by atoms with E-state index in [0.29, 0.717) is 5.92 Å². The number of aliphatic hydroxyl groups is 1. The third-order valence-electron chi connectivity index (χ3n) is 3.87. The van der Waals surface area contributed by atoms with Gasteiger partial charge < -0.3 is 16.2 Å². The van der Waals surface area contributed by atoms with E-state index in [1.165, 1.54) is 19.8 Å². The zero-order valence-electron chi connectivity index (χ0n) is 11.3. The first-order valence-corrected chi connectivity index (χ1v) is 6.89. The summed E-state index contributed by atoms with van der Waals surface area (Å²) < 4.78 is 0. The average Bonchev–Trinajstić information content (AvgIpc) is 2.91. The van der Waals surface area contributed by atoms with Crippen molar-refractivity contribution in [3.05, 3.63) is 29.8 Å². The van der Waals surface area contributed by atoms with Crippen molar-refractivity contribution in [2.75, 3.05) is 5.32 Å². The van der Waals surface area contributed by atoms with Crippen LogP contribution in [-0.2, 0) is 4.79 Å². The normalized spacial score (nSPS) is 19.1. The summed E-state index contributed by atoms with van der Waals surface area (Å²) in [7, 11) is 0. The molecule has 2 rings (SSSR count). The lowest BCUT2D eigenvalue weighted by molar-refractivity contribution is -0.114. The van der Waals surface area contributed by atoms with Gasteiger partial charge in [-0.05, 0) is 36.5 Å². The second-order valence-corrected chi connectivity index (χ2v) is 5.36. The number of hydrogen-bond donors (Lipinski definition) is 3. The number of carbonyl (C=O) groups excluding carboxylic acids is 1. The highest BCUT2D eigenvalue weighted by Crippen LogP contribution is 2.32. The van der Waals surface area contributed by atoms with Crippen molar-refractivity contribution in [2.45, 2.75) is 44.8 Å². The van der Waals surface area contributed by atoms with Gasteiger partial charge >= 0.3 is 0 Å². The molecule has 0 radical (unpaired) electrons. The molecule has 4 heteroatoms. The van der Waals surface area contributed by atoms with Gasteiger partial charge in [0, 0.05) is 12.6 Å². The van der Waals surface area contributed by atoms with Crippen LogP contribution in [0, 0.1) is 5.92 Å². The molecule has 0 heterocycles. The first kappa shape index (κ1) is 14.0. The van der Waals surface area contributed by atoms with Crippen LogP contribution in [0.2, 0.25) is 0 Å². The van der Waals surface area contributed by atoms with Gasteiger partial charge in [-0.1, -0.05) is 25.0 Å². The van der Waals surface area contributed by atoms with Gasteiger partial charge in [0.2, 0.25) is 5.91 Å². The number of rotatable bonds is 4. The molecule has 104 valence electrons. The monoisotopic (exact) mass is 262 g/mol. The van der Waals surface area contributed by atoms with Gasteiger partial charge in [0.1, 0.15) is 0 Å². The molecule has 0 bridgehead atoms. The fourth-order valence-electron chi connectivity index (χ4n) is 2.78. The number of amides is 1. The molecule has 1 saturated carbocycles. The third-order valence-corrected chi connectivity index (χ3v) is 3.87. The van der Waals surface area contributed by atoms with Crippen molar-refractivity contribution in [1.29, 1.82) is 0 Å². The van der Waals surface area contributed by atoms with Crippen LogP contribution in [0.5, 0.6) is 0 Å². The zero-order chi connectivity index (χ0) is 13.8. The molecule has 0 spiro atoms. The first-order chi connectivity index (χ1) is 9.08. The molecule has 19 heavy (non-hydrogen) atoms. The molecule has 1 aromatic carbocycles. The van der Waals surface area contributed by atoms with Crippen molar-refractivity contribution in [1.82, 2.24) is 0 Å². The number of nitrogens with one attached hydrogen (secondary N) is 1. The number of aliphatic hydroxyl groups excluding tert-OH is 1. The molecule has 1 aliphatic carbocycles. The van der Waals surface area contributed by atoms with Crippen LogP contribution in [0.15, 0.2) is 24.3 Å². The van der Waals surface area contributed by atoms with Crippen LogP contribution in [0.1, 0.15) is 44.2 Å². The lowest BCUT2D eigenvalue weighted by Crippen LogP contribution is -2.31. The molecule has 4 N–H and O–H groups in total. The predicted molar refractivity (Wildman–Crippen MR) is 75.6 cm³/mol. The number of hydrogen-bond acceptors (Lipinski definition) is 3. The maximum atomic E-state index is 10.9. The molecular formula is C15H22N2O2. The molecular weight excluding hydrogens is 240 g/mol. The molecule has 4 nitrogen and oxygen atoms in total. The third kappa shape index (κ3) is 3.55. The minimum atomic E-state index is -0.478. The Morgan fingerprint density at radius 2 is 1.89 bits per heavy atom. The van der Waals surface area contributed by atoms with Crippen LogP contribution in [0.3, 0.4) is 0 Å². The highest BCUT2D eigenvalue weighted by Gasteiger charge is 2.28. The van der Waals surface area contributed by atoms with Gasteiger partial charge in [-0.3, -0.25) is 4.79 Å². The summed E-state index contributed by atoms with van der Waals surface area (Å²) >= 11 is 0. The van der Waals surface area contributed by atoms with E-state index in [2.05, 4.69) is 5.32 Å². The van der Waals surface area contributed by atoms with E-state index in [-0.39, 0.29) is 11.9 Å². The minimum absolute atomic E-state index is 0.0944. The zero-order valence-corrected chi connectivity index (χ0v) is 11.3. The minimum Gasteiger partial charge on any atom is -0.391 e. The maximum absolute atomic E-state index is 10.9. The maximum Gasteiger partial charge on any atom is 0.221 e. The van der Waals surface area contributed by atoms with Crippen LogP contribution in [-0.4, -0.2) is 17.1 Å². The number of nitrogens with two attached hydrogens (primary N) is 1. The molecule has 1 fully saturated rings. The summed E-state index contributed by atoms with van der Waals surface area (Å²) in [4.78, 5) is 10.9. The Balaban J connectivity index is 2.02. The molecule has 0 aliphatic heterocycles. The van der Waals surface area contributed by atoms with Crippen LogP contribution >= 0.6 is 0 Å². The summed E-state index contributed by atoms with van der Waals surface area (Å²) in [5.41, 5.74) is 7.79. The van der Waals surface area contributed by atoms with Crippen LogP contribution < -0.4 is 11.1 Å². The Labute approximate surface area is 114 Å². The number of anilines is 1. The number of benzene rings is 1. The van der Waals surface area contributed by atoms with E-state index in [0.717, 1.165) is 24.1 Å². The van der Waals surface area contributed by atoms with Gasteiger partial charge in [-0.2, -0.15) is 0 Å². The van der Waals surface area contributed by atoms with Gasteiger partial charge in [0.15, 0.2) is 0 Å². The van der Waals surface area contributed by atoms with E-state index in [9.17, 15) is 9.90 Å². The molecule has 1 aliphatic rings. The topological polar surface area (TPSA) is 75.4 Å². The molecule has 0 unspecified atom stereocenters. The van der Waals surface area contributed by atoms with Gasteiger partial charge in [-0.15, -0.1) is 0 Å². The van der Waals surface area contributed by atoms with E-state index in [4.69, 9.17) is 5.73 Å². The molecule has 0 aromatic heterocycles. The Kier molecular flexibility index (Phi) is 4.56. The highest BCUT2D eigenvalue weighted by molar-refractivity contribution is 5.88. The molecule has 1 amide bonds. The summed E-state index contributed by atoms with van der Waals surface area (Å²) in [5.74, 6) is 0.230. The van der Waals surface area contributed by atoms with Gasteiger partial charge in [0.25, 0.3) is 0 Å². The van der Waals surface area contributed by atoms with E-state index >= 15 is 0 Å². The van der Waals surface area contributed by atoms with E-state index < -0.39 is 6.10 Å². The Morgan fingerprint density at radius 3 is 2.42 bits per heavy atom. The standard InChI is InChI=1S/C15H22N2O2/c1-10(18)17-13-8-6-11(7-9-13)14(16)15(19)12-4-2-3-5-12/h6-9,12,14-15,19H,2-5,16H2,1H3,(H,17,18)/t14-,15+/m1/s1. The molecule has 2 atom stereocenters. The van der Waals surface area contributed by atoms with Crippen LogP contribution in [0.4, 0.5) is 5.69 Å². The Bertz CT molecular complexity index is 424.